The molecule has 2 aliphatic rings. The van der Waals surface area contributed by atoms with Crippen molar-refractivity contribution in [1.82, 2.24) is 28.5 Å². The van der Waals surface area contributed by atoms with Gasteiger partial charge in [-0.05, 0) is 49.7 Å². The van der Waals surface area contributed by atoms with Crippen molar-refractivity contribution >= 4 is 15.7 Å². The normalized spacial score (nSPS) is 19.0. The van der Waals surface area contributed by atoms with Crippen LogP contribution in [0, 0.1) is 12.7 Å². The van der Waals surface area contributed by atoms with Crippen LogP contribution in [0.4, 0.5) is 4.39 Å². The molecule has 5 heterocycles. The molecule has 0 amide bonds. The summed E-state index contributed by atoms with van der Waals surface area (Å²) in [5, 5.41) is 4.36. The average Bonchev–Trinajstić information content (AvgIpc) is 3.38. The molecule has 2 aliphatic heterocycles. The molecule has 3 aromatic heterocycles. The van der Waals surface area contributed by atoms with Crippen LogP contribution in [0.5, 0.6) is 0 Å². The summed E-state index contributed by atoms with van der Waals surface area (Å²) < 4.78 is 45.9. The maximum Gasteiger partial charge on any atom is 0.260 e. The van der Waals surface area contributed by atoms with E-state index in [0.29, 0.717) is 43.1 Å². The Morgan fingerprint density at radius 3 is 2.72 bits per heavy atom. The number of nitrogens with zero attached hydrogens (tertiary/aromatic N) is 6. The zero-order chi connectivity index (χ0) is 20.2. The van der Waals surface area contributed by atoms with Gasteiger partial charge in [0.2, 0.25) is 0 Å². The molecule has 0 bridgehead atoms. The quantitative estimate of drug-likeness (QED) is 0.651. The van der Waals surface area contributed by atoms with E-state index >= 15 is 0 Å². The standard InChI is InChI=1S/C19H23FN6O2S/c1-13-15(11-26-19(18(13)20)22-12-23-26)14-5-8-24(9-6-14)29(27,28)17-10-21-16-4-2-3-7-25(16)17/h10-12,14H,2-9H2,1H3. The molecule has 0 radical (unpaired) electrons. The maximum absolute atomic E-state index is 14.6. The van der Waals surface area contributed by atoms with Gasteiger partial charge in [0.05, 0.1) is 6.20 Å². The van der Waals surface area contributed by atoms with Crippen LogP contribution in [-0.4, -0.2) is 50.0 Å². The number of rotatable bonds is 3. The van der Waals surface area contributed by atoms with Gasteiger partial charge in [-0.3, -0.25) is 0 Å². The lowest BCUT2D eigenvalue weighted by Gasteiger charge is -2.32. The zero-order valence-electron chi connectivity index (χ0n) is 16.3. The van der Waals surface area contributed by atoms with Crippen LogP contribution >= 0.6 is 0 Å². The smallest absolute Gasteiger partial charge is 0.260 e. The zero-order valence-corrected chi connectivity index (χ0v) is 17.1. The highest BCUT2D eigenvalue weighted by molar-refractivity contribution is 7.89. The highest BCUT2D eigenvalue weighted by Crippen LogP contribution is 2.34. The first kappa shape index (κ1) is 18.7. The molecule has 0 saturated carbocycles. The molecule has 0 atom stereocenters. The maximum atomic E-state index is 14.6. The van der Waals surface area contributed by atoms with E-state index in [9.17, 15) is 12.8 Å². The number of hydrogen-bond acceptors (Lipinski definition) is 5. The van der Waals surface area contributed by atoms with Gasteiger partial charge in [-0.1, -0.05) is 0 Å². The molecule has 154 valence electrons. The van der Waals surface area contributed by atoms with Crippen molar-refractivity contribution in [3.8, 4) is 0 Å². The first-order chi connectivity index (χ1) is 14.0. The van der Waals surface area contributed by atoms with Crippen LogP contribution in [0.3, 0.4) is 0 Å². The topological polar surface area (TPSA) is 85.4 Å². The molecule has 5 rings (SSSR count). The molecule has 0 N–H and O–H groups in total. The van der Waals surface area contributed by atoms with Gasteiger partial charge in [-0.2, -0.15) is 9.40 Å². The number of aromatic nitrogens is 5. The predicted molar refractivity (Wildman–Crippen MR) is 104 cm³/mol. The van der Waals surface area contributed by atoms with Gasteiger partial charge < -0.3 is 4.57 Å². The van der Waals surface area contributed by atoms with E-state index in [0.717, 1.165) is 30.7 Å². The van der Waals surface area contributed by atoms with Crippen molar-refractivity contribution in [3.05, 3.63) is 41.5 Å². The Labute approximate surface area is 168 Å². The molecule has 0 aliphatic carbocycles. The molecule has 1 fully saturated rings. The third kappa shape index (κ3) is 2.96. The minimum Gasteiger partial charge on any atom is -0.318 e. The Hall–Kier alpha value is -2.33. The van der Waals surface area contributed by atoms with E-state index in [4.69, 9.17) is 0 Å². The second kappa shape index (κ2) is 6.88. The van der Waals surface area contributed by atoms with Crippen molar-refractivity contribution in [2.24, 2.45) is 0 Å². The Morgan fingerprint density at radius 2 is 1.93 bits per heavy atom. The van der Waals surface area contributed by atoms with E-state index in [-0.39, 0.29) is 17.4 Å². The lowest BCUT2D eigenvalue weighted by molar-refractivity contribution is 0.315. The lowest BCUT2D eigenvalue weighted by atomic mass is 9.88. The Kier molecular flexibility index (Phi) is 4.43. The summed E-state index contributed by atoms with van der Waals surface area (Å²) in [6.07, 6.45) is 8.79. The summed E-state index contributed by atoms with van der Waals surface area (Å²) in [7, 11) is -3.58. The minimum atomic E-state index is -3.58. The first-order valence-electron chi connectivity index (χ1n) is 9.99. The monoisotopic (exact) mass is 418 g/mol. The molecule has 0 aromatic carbocycles. The summed E-state index contributed by atoms with van der Waals surface area (Å²) in [6.45, 7) is 3.27. The number of hydrogen-bond donors (Lipinski definition) is 0. The lowest BCUT2D eigenvalue weighted by Crippen LogP contribution is -2.39. The Balaban J connectivity index is 1.38. The van der Waals surface area contributed by atoms with E-state index in [1.54, 1.807) is 11.2 Å². The number of imidazole rings is 1. The summed E-state index contributed by atoms with van der Waals surface area (Å²) in [4.78, 5) is 8.28. The number of pyridine rings is 1. The van der Waals surface area contributed by atoms with Gasteiger partial charge in [-0.25, -0.2) is 27.3 Å². The van der Waals surface area contributed by atoms with Crippen molar-refractivity contribution in [2.45, 2.75) is 56.5 Å². The third-order valence-corrected chi connectivity index (χ3v) is 8.12. The number of piperidine rings is 1. The van der Waals surface area contributed by atoms with Crippen molar-refractivity contribution in [2.75, 3.05) is 13.1 Å². The van der Waals surface area contributed by atoms with Gasteiger partial charge in [0, 0.05) is 32.3 Å². The molecule has 0 spiro atoms. The highest BCUT2D eigenvalue weighted by Gasteiger charge is 2.34. The number of aryl methyl sites for hydroxylation is 1. The Bertz CT molecular complexity index is 1180. The summed E-state index contributed by atoms with van der Waals surface area (Å²) in [5.74, 6) is 0.585. The van der Waals surface area contributed by atoms with Crippen LogP contribution in [0.15, 0.2) is 23.7 Å². The minimum absolute atomic E-state index is 0.0869. The molecular weight excluding hydrogens is 395 g/mol. The number of fused-ring (bicyclic) bond motifs is 2. The van der Waals surface area contributed by atoms with Gasteiger partial charge >= 0.3 is 0 Å². The van der Waals surface area contributed by atoms with E-state index in [1.807, 2.05) is 10.8 Å². The molecule has 3 aromatic rings. The fraction of sp³-hybridized carbons (Fsp3) is 0.526. The fourth-order valence-corrected chi connectivity index (χ4v) is 6.19. The van der Waals surface area contributed by atoms with Gasteiger partial charge in [0.15, 0.2) is 16.5 Å². The number of sulfonamides is 1. The largest absolute Gasteiger partial charge is 0.318 e. The summed E-state index contributed by atoms with van der Waals surface area (Å²) >= 11 is 0. The molecule has 29 heavy (non-hydrogen) atoms. The first-order valence-corrected chi connectivity index (χ1v) is 11.4. The SMILES string of the molecule is Cc1c(C2CCN(S(=O)(=O)c3cnc4n3CCCC4)CC2)cn2ncnc2c1F. The van der Waals surface area contributed by atoms with Gasteiger partial charge in [-0.15, -0.1) is 0 Å². The van der Waals surface area contributed by atoms with Crippen molar-refractivity contribution in [1.29, 1.82) is 0 Å². The van der Waals surface area contributed by atoms with Gasteiger partial charge in [0.25, 0.3) is 10.0 Å². The summed E-state index contributed by atoms with van der Waals surface area (Å²) in [5.41, 5.74) is 1.66. The second-order valence-corrected chi connectivity index (χ2v) is 9.74. The third-order valence-electron chi connectivity index (χ3n) is 6.22. The van der Waals surface area contributed by atoms with Crippen LogP contribution < -0.4 is 0 Å². The predicted octanol–water partition coefficient (Wildman–Crippen LogP) is 2.28. The molecule has 10 heteroatoms. The van der Waals surface area contributed by atoms with Crippen LogP contribution in [0.2, 0.25) is 0 Å². The summed E-state index contributed by atoms with van der Waals surface area (Å²) in [6, 6.07) is 0. The van der Waals surface area contributed by atoms with Crippen molar-refractivity contribution < 1.29 is 12.8 Å². The molecule has 8 nitrogen and oxygen atoms in total. The van der Waals surface area contributed by atoms with E-state index in [1.165, 1.54) is 17.0 Å². The molecule has 0 unspecified atom stereocenters. The number of halogens is 1. The van der Waals surface area contributed by atoms with Crippen LogP contribution in [0.1, 0.15) is 48.6 Å². The van der Waals surface area contributed by atoms with Crippen molar-refractivity contribution in [3.63, 3.8) is 0 Å². The second-order valence-electron chi connectivity index (χ2n) is 7.85. The average molecular weight is 418 g/mol. The van der Waals surface area contributed by atoms with Crippen LogP contribution in [0.25, 0.3) is 5.65 Å². The highest BCUT2D eigenvalue weighted by atomic mass is 32.2. The van der Waals surface area contributed by atoms with Crippen LogP contribution in [-0.2, 0) is 23.0 Å². The molecular formula is C19H23FN6O2S. The Morgan fingerprint density at radius 1 is 1.14 bits per heavy atom. The molecule has 1 saturated heterocycles. The van der Waals surface area contributed by atoms with E-state index < -0.39 is 10.0 Å². The van der Waals surface area contributed by atoms with E-state index in [2.05, 4.69) is 15.1 Å². The van der Waals surface area contributed by atoms with Gasteiger partial charge in [0.1, 0.15) is 12.2 Å². The fourth-order valence-electron chi connectivity index (χ4n) is 4.57.